The Morgan fingerprint density at radius 2 is 2.00 bits per heavy atom. The highest BCUT2D eigenvalue weighted by Gasteiger charge is 2.15. The molecule has 3 rings (SSSR count). The number of likely N-dealkylation sites (tertiary alicyclic amines) is 1. The third kappa shape index (κ3) is 4.76. The van der Waals surface area contributed by atoms with Gasteiger partial charge in [-0.2, -0.15) is 0 Å². The maximum absolute atomic E-state index is 13.1. The van der Waals surface area contributed by atoms with Crippen LogP contribution in [0.25, 0.3) is 0 Å². The number of esters is 1. The van der Waals surface area contributed by atoms with Crippen molar-refractivity contribution in [2.24, 2.45) is 0 Å². The van der Waals surface area contributed by atoms with Gasteiger partial charge in [-0.1, -0.05) is 12.1 Å². The van der Waals surface area contributed by atoms with Crippen LogP contribution < -0.4 is 5.32 Å². The Morgan fingerprint density at radius 1 is 1.27 bits per heavy atom. The fourth-order valence-electron chi connectivity index (χ4n) is 3.04. The van der Waals surface area contributed by atoms with Crippen molar-refractivity contribution in [1.82, 2.24) is 14.9 Å². The first-order chi connectivity index (χ1) is 12.7. The van der Waals surface area contributed by atoms with Crippen LogP contribution in [0.4, 0.5) is 10.2 Å². The minimum absolute atomic E-state index is 0.162. The second-order valence-corrected chi connectivity index (χ2v) is 6.32. The number of nitrogens with one attached hydrogen (secondary N) is 1. The molecule has 0 atom stereocenters. The summed E-state index contributed by atoms with van der Waals surface area (Å²) in [5.74, 6) is -0.172. The lowest BCUT2D eigenvalue weighted by Crippen LogP contribution is -2.26. The Labute approximate surface area is 152 Å². The first kappa shape index (κ1) is 18.3. The van der Waals surface area contributed by atoms with Crippen LogP contribution in [0.3, 0.4) is 0 Å². The monoisotopic (exact) mass is 358 g/mol. The minimum Gasteiger partial charge on any atom is -0.464 e. The number of methoxy groups -OCH3 is 1. The number of aromatic nitrogens is 2. The molecule has 0 aliphatic carbocycles. The van der Waals surface area contributed by atoms with Gasteiger partial charge in [-0.15, -0.1) is 0 Å². The molecule has 0 amide bonds. The van der Waals surface area contributed by atoms with Gasteiger partial charge in [-0.3, -0.25) is 0 Å². The van der Waals surface area contributed by atoms with Crippen molar-refractivity contribution in [2.75, 3.05) is 38.6 Å². The summed E-state index contributed by atoms with van der Waals surface area (Å²) in [5.41, 5.74) is 1.70. The van der Waals surface area contributed by atoms with Crippen molar-refractivity contribution in [2.45, 2.75) is 19.3 Å². The maximum atomic E-state index is 13.1. The molecule has 6 nitrogen and oxygen atoms in total. The second kappa shape index (κ2) is 8.71. The van der Waals surface area contributed by atoms with Crippen molar-refractivity contribution in [1.29, 1.82) is 0 Å². The zero-order valence-electron chi connectivity index (χ0n) is 14.9. The van der Waals surface area contributed by atoms with Gasteiger partial charge in [0.15, 0.2) is 5.69 Å². The number of carbonyl (C=O) groups is 1. The summed E-state index contributed by atoms with van der Waals surface area (Å²) in [7, 11) is 1.31. The van der Waals surface area contributed by atoms with E-state index in [0.717, 1.165) is 31.7 Å². The number of halogens is 1. The lowest BCUT2D eigenvalue weighted by molar-refractivity contribution is 0.0593. The molecule has 0 unspecified atom stereocenters. The van der Waals surface area contributed by atoms with Crippen molar-refractivity contribution < 1.29 is 13.9 Å². The molecule has 0 spiro atoms. The highest BCUT2D eigenvalue weighted by atomic mass is 19.1. The van der Waals surface area contributed by atoms with Crippen molar-refractivity contribution in [3.8, 4) is 0 Å². The number of hydrogen-bond donors (Lipinski definition) is 1. The van der Waals surface area contributed by atoms with Gasteiger partial charge in [0.1, 0.15) is 11.6 Å². The van der Waals surface area contributed by atoms with Gasteiger partial charge in [0.2, 0.25) is 0 Å². The van der Waals surface area contributed by atoms with Crippen LogP contribution >= 0.6 is 0 Å². The van der Waals surface area contributed by atoms with Crippen LogP contribution in [0.15, 0.2) is 30.5 Å². The molecule has 1 aromatic heterocycles. The third-order valence-electron chi connectivity index (χ3n) is 4.44. The van der Waals surface area contributed by atoms with Gasteiger partial charge >= 0.3 is 5.97 Å². The van der Waals surface area contributed by atoms with Crippen LogP contribution in [0.5, 0.6) is 0 Å². The Kier molecular flexibility index (Phi) is 6.12. The van der Waals surface area contributed by atoms with E-state index in [0.29, 0.717) is 17.9 Å². The quantitative estimate of drug-likeness (QED) is 0.767. The molecule has 26 heavy (non-hydrogen) atoms. The first-order valence-corrected chi connectivity index (χ1v) is 8.80. The summed E-state index contributed by atoms with van der Waals surface area (Å²) in [5, 5.41) is 3.31. The highest BCUT2D eigenvalue weighted by Crippen LogP contribution is 2.17. The number of anilines is 1. The van der Waals surface area contributed by atoms with Gasteiger partial charge in [-0.05, 0) is 43.6 Å². The lowest BCUT2D eigenvalue weighted by atomic mass is 10.1. The predicted octanol–water partition coefficient (Wildman–Crippen LogP) is 2.50. The zero-order valence-corrected chi connectivity index (χ0v) is 14.9. The molecule has 1 saturated heterocycles. The maximum Gasteiger partial charge on any atom is 0.358 e. The van der Waals surface area contributed by atoms with Gasteiger partial charge in [0, 0.05) is 19.5 Å². The normalized spacial score (nSPS) is 14.4. The number of nitrogens with zero attached hydrogens (tertiary/aromatic N) is 3. The SMILES string of the molecule is COC(=O)c1cnc(NCCN2CCCC2)c(Cc2ccc(F)cc2)n1. The van der Waals surface area contributed by atoms with E-state index in [1.807, 2.05) is 0 Å². The molecule has 2 aromatic rings. The molecule has 0 radical (unpaired) electrons. The summed E-state index contributed by atoms with van der Waals surface area (Å²) < 4.78 is 17.9. The minimum atomic E-state index is -0.526. The molecule has 1 N–H and O–H groups in total. The number of hydrogen-bond acceptors (Lipinski definition) is 6. The van der Waals surface area contributed by atoms with E-state index in [1.165, 1.54) is 38.3 Å². The van der Waals surface area contributed by atoms with Gasteiger partial charge in [0.05, 0.1) is 19.0 Å². The summed E-state index contributed by atoms with van der Waals surface area (Å²) in [4.78, 5) is 22.9. The highest BCUT2D eigenvalue weighted by molar-refractivity contribution is 5.87. The summed E-state index contributed by atoms with van der Waals surface area (Å²) >= 11 is 0. The van der Waals surface area contributed by atoms with Gasteiger partial charge in [-0.25, -0.2) is 19.2 Å². The fourth-order valence-corrected chi connectivity index (χ4v) is 3.04. The van der Waals surface area contributed by atoms with Gasteiger partial charge in [0.25, 0.3) is 0 Å². The molecular formula is C19H23FN4O2. The van der Waals surface area contributed by atoms with E-state index in [-0.39, 0.29) is 11.5 Å². The lowest BCUT2D eigenvalue weighted by Gasteiger charge is -2.16. The van der Waals surface area contributed by atoms with Gasteiger partial charge < -0.3 is 15.0 Å². The van der Waals surface area contributed by atoms with Crippen LogP contribution in [0.2, 0.25) is 0 Å². The molecule has 7 heteroatoms. The second-order valence-electron chi connectivity index (χ2n) is 6.32. The van der Waals surface area contributed by atoms with Crippen LogP contribution in [0, 0.1) is 5.82 Å². The summed E-state index contributed by atoms with van der Waals surface area (Å²) in [6.07, 6.45) is 4.37. The standard InChI is InChI=1S/C19H23FN4O2/c1-26-19(25)17-13-22-18(21-8-11-24-9-2-3-10-24)16(23-17)12-14-4-6-15(20)7-5-14/h4-7,13H,2-3,8-12H2,1H3,(H,21,22). The number of rotatable bonds is 7. The Hall–Kier alpha value is -2.54. The van der Waals surface area contributed by atoms with Crippen LogP contribution in [0.1, 0.15) is 34.6 Å². The zero-order chi connectivity index (χ0) is 18.4. The molecule has 1 aromatic carbocycles. The third-order valence-corrected chi connectivity index (χ3v) is 4.44. The molecule has 1 fully saturated rings. The fraction of sp³-hybridized carbons (Fsp3) is 0.421. The predicted molar refractivity (Wildman–Crippen MR) is 96.7 cm³/mol. The van der Waals surface area contributed by atoms with E-state index in [2.05, 4.69) is 20.2 Å². The molecule has 0 bridgehead atoms. The topological polar surface area (TPSA) is 67.3 Å². The Morgan fingerprint density at radius 3 is 2.69 bits per heavy atom. The van der Waals surface area contributed by atoms with E-state index < -0.39 is 5.97 Å². The average molecular weight is 358 g/mol. The van der Waals surface area contributed by atoms with Crippen LogP contribution in [-0.4, -0.2) is 54.1 Å². The smallest absolute Gasteiger partial charge is 0.358 e. The van der Waals surface area contributed by atoms with Crippen molar-refractivity contribution in [3.05, 3.63) is 53.2 Å². The molecule has 1 aliphatic heterocycles. The number of ether oxygens (including phenoxy) is 1. The van der Waals surface area contributed by atoms with E-state index in [4.69, 9.17) is 4.74 Å². The number of carbonyl (C=O) groups excluding carboxylic acids is 1. The van der Waals surface area contributed by atoms with E-state index in [1.54, 1.807) is 12.1 Å². The summed E-state index contributed by atoms with van der Waals surface area (Å²) in [6, 6.07) is 6.23. The molecule has 1 aliphatic rings. The Balaban J connectivity index is 1.74. The van der Waals surface area contributed by atoms with Crippen LogP contribution in [-0.2, 0) is 11.2 Å². The first-order valence-electron chi connectivity index (χ1n) is 8.80. The van der Waals surface area contributed by atoms with Crippen molar-refractivity contribution in [3.63, 3.8) is 0 Å². The molecule has 138 valence electrons. The molecule has 0 saturated carbocycles. The largest absolute Gasteiger partial charge is 0.464 e. The van der Waals surface area contributed by atoms with E-state index >= 15 is 0 Å². The molecular weight excluding hydrogens is 335 g/mol. The molecule has 2 heterocycles. The summed E-state index contributed by atoms with van der Waals surface area (Å²) in [6.45, 7) is 3.97. The van der Waals surface area contributed by atoms with Crippen molar-refractivity contribution >= 4 is 11.8 Å². The number of benzene rings is 1. The Bertz CT molecular complexity index is 746. The average Bonchev–Trinajstić information content (AvgIpc) is 3.17. The van der Waals surface area contributed by atoms with E-state index in [9.17, 15) is 9.18 Å².